The fraction of sp³-hybridized carbons (Fsp3) is 0.882. The summed E-state index contributed by atoms with van der Waals surface area (Å²) in [5, 5.41) is 0. The third kappa shape index (κ3) is 18.6. The molecule has 0 aromatic heterocycles. The fourth-order valence-electron chi connectivity index (χ4n) is 1.56. The molecule has 0 unspecified atom stereocenters. The van der Waals surface area contributed by atoms with E-state index in [1.54, 1.807) is 0 Å². The van der Waals surface area contributed by atoms with Gasteiger partial charge < -0.3 is 28.4 Å². The summed E-state index contributed by atoms with van der Waals surface area (Å²) < 4.78 is 29.8. The lowest BCUT2D eigenvalue weighted by molar-refractivity contribution is 0.0198. The predicted molar refractivity (Wildman–Crippen MR) is 90.7 cm³/mol. The summed E-state index contributed by atoms with van der Waals surface area (Å²) in [5.74, 6) is 0. The molecule has 0 aliphatic heterocycles. The van der Waals surface area contributed by atoms with Crippen molar-refractivity contribution in [1.82, 2.24) is 0 Å². The molecule has 0 aromatic rings. The smallest absolute Gasteiger partial charge is 0.434 e. The number of unbranched alkanes of at least 4 members (excludes halogenated alkanes) is 2. The second-order valence-electron chi connectivity index (χ2n) is 5.18. The molecule has 8 nitrogen and oxygen atoms in total. The summed E-state index contributed by atoms with van der Waals surface area (Å²) in [6.45, 7) is 6.90. The Morgan fingerprint density at radius 3 is 1.48 bits per heavy atom. The van der Waals surface area contributed by atoms with E-state index in [0.29, 0.717) is 39.3 Å². The van der Waals surface area contributed by atoms with Crippen LogP contribution in [0.3, 0.4) is 0 Å². The number of carbonyl (C=O) groups is 2. The van der Waals surface area contributed by atoms with Gasteiger partial charge in [0.2, 0.25) is 0 Å². The van der Waals surface area contributed by atoms with Crippen LogP contribution in [0.15, 0.2) is 0 Å². The van der Waals surface area contributed by atoms with E-state index in [1.165, 1.54) is 0 Å². The molecule has 0 heterocycles. The van der Waals surface area contributed by atoms with Gasteiger partial charge in [-0.05, 0) is 25.7 Å². The van der Waals surface area contributed by atoms with Crippen LogP contribution in [-0.2, 0) is 28.4 Å². The van der Waals surface area contributed by atoms with Gasteiger partial charge in [0.05, 0.1) is 26.4 Å². The largest absolute Gasteiger partial charge is 0.508 e. The van der Waals surface area contributed by atoms with Crippen LogP contribution in [0.1, 0.15) is 46.0 Å². The monoisotopic (exact) mass is 364 g/mol. The first kappa shape index (κ1) is 23.5. The molecule has 0 N–H and O–H groups in total. The van der Waals surface area contributed by atoms with Gasteiger partial charge in [-0.1, -0.05) is 20.3 Å². The quantitative estimate of drug-likeness (QED) is 0.304. The topological polar surface area (TPSA) is 89.5 Å². The van der Waals surface area contributed by atoms with E-state index in [1.807, 2.05) is 6.92 Å². The molecule has 0 rings (SSSR count). The zero-order valence-corrected chi connectivity index (χ0v) is 15.5. The molecule has 148 valence electrons. The highest BCUT2D eigenvalue weighted by Crippen LogP contribution is 1.96. The van der Waals surface area contributed by atoms with Gasteiger partial charge in [-0.25, -0.2) is 9.59 Å². The number of carbonyl (C=O) groups excluding carboxylic acids is 2. The van der Waals surface area contributed by atoms with Crippen molar-refractivity contribution in [1.29, 1.82) is 0 Å². The van der Waals surface area contributed by atoms with E-state index in [0.717, 1.165) is 19.3 Å². The summed E-state index contributed by atoms with van der Waals surface area (Å²) in [7, 11) is 0. The summed E-state index contributed by atoms with van der Waals surface area (Å²) in [4.78, 5) is 22.5. The van der Waals surface area contributed by atoms with Crippen LogP contribution < -0.4 is 0 Å². The average molecular weight is 364 g/mol. The van der Waals surface area contributed by atoms with Crippen LogP contribution in [0.2, 0.25) is 0 Å². The Morgan fingerprint density at radius 1 is 0.520 bits per heavy atom. The Bertz CT molecular complexity index is 322. The van der Waals surface area contributed by atoms with Gasteiger partial charge in [-0.2, -0.15) is 0 Å². The molecule has 0 bridgehead atoms. The molecule has 0 radical (unpaired) electrons. The molecule has 0 aromatic carbocycles. The molecule has 25 heavy (non-hydrogen) atoms. The van der Waals surface area contributed by atoms with Crippen molar-refractivity contribution in [3.8, 4) is 0 Å². The van der Waals surface area contributed by atoms with E-state index in [4.69, 9.17) is 28.4 Å². The van der Waals surface area contributed by atoms with E-state index in [9.17, 15) is 9.59 Å². The third-order valence-electron chi connectivity index (χ3n) is 2.86. The summed E-state index contributed by atoms with van der Waals surface area (Å²) in [5.41, 5.74) is 0. The lowest BCUT2D eigenvalue weighted by Crippen LogP contribution is -2.14. The van der Waals surface area contributed by atoms with Crippen molar-refractivity contribution < 1.29 is 38.0 Å². The van der Waals surface area contributed by atoms with Gasteiger partial charge in [0.25, 0.3) is 0 Å². The second kappa shape index (κ2) is 18.8. The van der Waals surface area contributed by atoms with Crippen LogP contribution in [0.5, 0.6) is 0 Å². The number of hydrogen-bond donors (Lipinski definition) is 0. The first-order chi connectivity index (χ1) is 12.2. The second-order valence-corrected chi connectivity index (χ2v) is 5.18. The standard InChI is InChI=1S/C17H32O8/c1-3-5-9-21-13-15-25-17(19)23-11-7-6-10-22-16(18)24-14-12-20-8-4-2/h3-15H2,1-2H3. The van der Waals surface area contributed by atoms with Crippen molar-refractivity contribution in [2.75, 3.05) is 52.9 Å². The van der Waals surface area contributed by atoms with Gasteiger partial charge in [0.15, 0.2) is 0 Å². The molecule has 0 fully saturated rings. The Hall–Kier alpha value is -1.54. The van der Waals surface area contributed by atoms with Crippen LogP contribution in [0.4, 0.5) is 9.59 Å². The van der Waals surface area contributed by atoms with Crippen LogP contribution in [0, 0.1) is 0 Å². The normalized spacial score (nSPS) is 10.3. The first-order valence-corrected chi connectivity index (χ1v) is 8.95. The Balaban J connectivity index is 3.28. The maximum atomic E-state index is 11.2. The third-order valence-corrected chi connectivity index (χ3v) is 2.86. The minimum Gasteiger partial charge on any atom is -0.434 e. The summed E-state index contributed by atoms with van der Waals surface area (Å²) in [6.07, 6.45) is 2.68. The van der Waals surface area contributed by atoms with Gasteiger partial charge in [-0.15, -0.1) is 0 Å². The predicted octanol–water partition coefficient (Wildman–Crippen LogP) is 3.32. The van der Waals surface area contributed by atoms with Gasteiger partial charge in [-0.3, -0.25) is 0 Å². The lowest BCUT2D eigenvalue weighted by Gasteiger charge is -2.08. The molecule has 0 aliphatic carbocycles. The Kier molecular flexibility index (Phi) is 17.6. The fourth-order valence-corrected chi connectivity index (χ4v) is 1.56. The van der Waals surface area contributed by atoms with Crippen molar-refractivity contribution in [3.63, 3.8) is 0 Å². The maximum absolute atomic E-state index is 11.2. The zero-order chi connectivity index (χ0) is 18.6. The Morgan fingerprint density at radius 2 is 1.00 bits per heavy atom. The van der Waals surface area contributed by atoms with Crippen LogP contribution >= 0.6 is 0 Å². The molecular formula is C17H32O8. The van der Waals surface area contributed by atoms with Crippen molar-refractivity contribution in [2.24, 2.45) is 0 Å². The minimum atomic E-state index is -0.719. The molecule has 0 saturated heterocycles. The van der Waals surface area contributed by atoms with Gasteiger partial charge in [0, 0.05) is 13.2 Å². The van der Waals surface area contributed by atoms with Gasteiger partial charge >= 0.3 is 12.3 Å². The van der Waals surface area contributed by atoms with Crippen molar-refractivity contribution in [3.05, 3.63) is 0 Å². The average Bonchev–Trinajstić information content (AvgIpc) is 2.60. The van der Waals surface area contributed by atoms with E-state index >= 15 is 0 Å². The molecule has 0 amide bonds. The van der Waals surface area contributed by atoms with Gasteiger partial charge in [0.1, 0.15) is 13.2 Å². The van der Waals surface area contributed by atoms with Crippen molar-refractivity contribution >= 4 is 12.3 Å². The summed E-state index contributed by atoms with van der Waals surface area (Å²) >= 11 is 0. The SMILES string of the molecule is CCCCOCCOC(=O)OCCCCOC(=O)OCCOCCC. The number of rotatable bonds is 16. The van der Waals surface area contributed by atoms with E-state index in [2.05, 4.69) is 6.92 Å². The first-order valence-electron chi connectivity index (χ1n) is 8.95. The molecule has 0 saturated carbocycles. The van der Waals surface area contributed by atoms with Crippen molar-refractivity contribution in [2.45, 2.75) is 46.0 Å². The van der Waals surface area contributed by atoms with Crippen LogP contribution in [0.25, 0.3) is 0 Å². The van der Waals surface area contributed by atoms with E-state index < -0.39 is 12.3 Å². The van der Waals surface area contributed by atoms with E-state index in [-0.39, 0.29) is 26.4 Å². The number of ether oxygens (including phenoxy) is 6. The molecule has 8 heteroatoms. The highest BCUT2D eigenvalue weighted by atomic mass is 16.7. The minimum absolute atomic E-state index is 0.177. The molecule has 0 spiro atoms. The van der Waals surface area contributed by atoms with Crippen LogP contribution in [-0.4, -0.2) is 65.2 Å². The highest BCUT2D eigenvalue weighted by molar-refractivity contribution is 5.60. The summed E-state index contributed by atoms with van der Waals surface area (Å²) in [6, 6.07) is 0. The lowest BCUT2D eigenvalue weighted by atomic mass is 10.3. The molecular weight excluding hydrogens is 332 g/mol. The number of hydrogen-bond acceptors (Lipinski definition) is 8. The zero-order valence-electron chi connectivity index (χ0n) is 15.5. The molecule has 0 aliphatic rings. The highest BCUT2D eigenvalue weighted by Gasteiger charge is 2.05. The molecule has 0 atom stereocenters. The maximum Gasteiger partial charge on any atom is 0.508 e. The Labute approximate surface area is 150 Å².